The second kappa shape index (κ2) is 6.38. The van der Waals surface area contributed by atoms with Gasteiger partial charge in [-0.1, -0.05) is 11.6 Å². The van der Waals surface area contributed by atoms with Crippen LogP contribution < -0.4 is 0 Å². The second-order valence-corrected chi connectivity index (χ2v) is 3.14. The number of imide groups is 1. The number of hydrogen-bond donors (Lipinski definition) is 0. The molecule has 98 valence electrons. The molecule has 0 aromatic heterocycles. The van der Waals surface area contributed by atoms with Crippen LogP contribution in [0.3, 0.4) is 0 Å². The Morgan fingerprint density at radius 2 is 1.72 bits per heavy atom. The lowest BCUT2D eigenvalue weighted by molar-refractivity contribution is -0.177. The van der Waals surface area contributed by atoms with Gasteiger partial charge in [-0.05, 0) is 0 Å². The number of rotatable bonds is 5. The number of esters is 1. The quantitative estimate of drug-likeness (QED) is 0.294. The highest BCUT2D eigenvalue weighted by Gasteiger charge is 2.33. The lowest BCUT2D eigenvalue weighted by Gasteiger charge is -2.12. The van der Waals surface area contributed by atoms with Crippen molar-refractivity contribution in [3.8, 4) is 0 Å². The summed E-state index contributed by atoms with van der Waals surface area (Å²) in [7, 11) is 0. The zero-order valence-corrected chi connectivity index (χ0v) is 9.42. The molecule has 0 bridgehead atoms. The summed E-state index contributed by atoms with van der Waals surface area (Å²) in [5, 5.41) is 0.359. The van der Waals surface area contributed by atoms with Gasteiger partial charge in [-0.3, -0.25) is 14.4 Å². The Hall–Kier alpha value is -2.38. The van der Waals surface area contributed by atoms with E-state index in [1.807, 2.05) is 0 Å². The van der Waals surface area contributed by atoms with Gasteiger partial charge >= 0.3 is 12.1 Å². The summed E-state index contributed by atoms with van der Waals surface area (Å²) in [6.45, 7) is 2.74. The smallest absolute Gasteiger partial charge is 0.459 e. The molecule has 1 rings (SSSR count). The molecule has 8 nitrogen and oxygen atoms in total. The van der Waals surface area contributed by atoms with Crippen molar-refractivity contribution in [2.75, 3.05) is 13.2 Å². The molecular formula is C10H11NO7. The second-order valence-electron chi connectivity index (χ2n) is 3.14. The van der Waals surface area contributed by atoms with Gasteiger partial charge in [-0.2, -0.15) is 0 Å². The predicted molar refractivity (Wildman–Crippen MR) is 54.7 cm³/mol. The first-order chi connectivity index (χ1) is 8.54. The van der Waals surface area contributed by atoms with E-state index in [1.165, 1.54) is 0 Å². The van der Waals surface area contributed by atoms with Gasteiger partial charge in [0.1, 0.15) is 13.2 Å². The molecule has 1 heterocycles. The Morgan fingerprint density at radius 1 is 1.17 bits per heavy atom. The Morgan fingerprint density at radius 3 is 2.28 bits per heavy atom. The van der Waals surface area contributed by atoms with Crippen LogP contribution >= 0.6 is 0 Å². The maximum atomic E-state index is 11.1. The molecule has 0 atom stereocenters. The molecule has 0 radical (unpaired) electrons. The number of hydroxylamine groups is 2. The first kappa shape index (κ1) is 13.7. The number of carbonyl (C=O) groups excluding carboxylic acids is 4. The number of carbonyl (C=O) groups is 4. The van der Waals surface area contributed by atoms with Gasteiger partial charge in [-0.15, -0.1) is 0 Å². The molecule has 1 fully saturated rings. The maximum Gasteiger partial charge on any atom is 0.534 e. The van der Waals surface area contributed by atoms with E-state index < -0.39 is 23.9 Å². The lowest BCUT2D eigenvalue weighted by Crippen LogP contribution is -2.32. The SMILES string of the molecule is C=CC(=O)OCCOC(=O)ON1C(=O)CCC1=O. The topological polar surface area (TPSA) is 99.2 Å². The third kappa shape index (κ3) is 3.89. The van der Waals surface area contributed by atoms with Crippen LogP contribution in [0.1, 0.15) is 12.8 Å². The standard InChI is InChI=1S/C10H11NO7/c1-2-9(14)16-5-6-17-10(15)18-11-7(12)3-4-8(11)13/h2H,1,3-6H2. The van der Waals surface area contributed by atoms with Crippen molar-refractivity contribution in [3.05, 3.63) is 12.7 Å². The van der Waals surface area contributed by atoms with Crippen molar-refractivity contribution < 1.29 is 33.5 Å². The fraction of sp³-hybridized carbons (Fsp3) is 0.400. The van der Waals surface area contributed by atoms with Gasteiger partial charge in [0.05, 0.1) is 0 Å². The van der Waals surface area contributed by atoms with Gasteiger partial charge in [-0.25, -0.2) is 9.59 Å². The summed E-state index contributed by atoms with van der Waals surface area (Å²) in [4.78, 5) is 48.2. The van der Waals surface area contributed by atoms with Crippen molar-refractivity contribution in [2.24, 2.45) is 0 Å². The molecule has 0 saturated carbocycles. The fourth-order valence-corrected chi connectivity index (χ4v) is 1.08. The van der Waals surface area contributed by atoms with Gasteiger partial charge in [0.15, 0.2) is 0 Å². The van der Waals surface area contributed by atoms with Crippen LogP contribution in [-0.4, -0.2) is 42.2 Å². The summed E-state index contributed by atoms with van der Waals surface area (Å²) in [5.41, 5.74) is 0. The molecule has 1 saturated heterocycles. The number of nitrogens with zero attached hydrogens (tertiary/aromatic N) is 1. The summed E-state index contributed by atoms with van der Waals surface area (Å²) >= 11 is 0. The molecule has 2 amide bonds. The van der Waals surface area contributed by atoms with Crippen LogP contribution in [0.5, 0.6) is 0 Å². The van der Waals surface area contributed by atoms with E-state index in [1.54, 1.807) is 0 Å². The average molecular weight is 257 g/mol. The third-order valence-electron chi connectivity index (χ3n) is 1.89. The van der Waals surface area contributed by atoms with Crippen LogP contribution in [0.2, 0.25) is 0 Å². The minimum absolute atomic E-state index is 0.00304. The molecule has 0 aliphatic carbocycles. The Balaban J connectivity index is 2.21. The fourth-order valence-electron chi connectivity index (χ4n) is 1.08. The highest BCUT2D eigenvalue weighted by atomic mass is 16.8. The molecule has 0 spiro atoms. The molecule has 0 N–H and O–H groups in total. The van der Waals surface area contributed by atoms with Crippen molar-refractivity contribution in [3.63, 3.8) is 0 Å². The molecule has 18 heavy (non-hydrogen) atoms. The van der Waals surface area contributed by atoms with Crippen molar-refractivity contribution >= 4 is 23.9 Å². The van der Waals surface area contributed by atoms with E-state index >= 15 is 0 Å². The summed E-state index contributed by atoms with van der Waals surface area (Å²) in [6.07, 6.45) is -0.250. The summed E-state index contributed by atoms with van der Waals surface area (Å²) in [6, 6.07) is 0. The molecule has 0 unspecified atom stereocenters. The van der Waals surface area contributed by atoms with Crippen LogP contribution in [0.25, 0.3) is 0 Å². The van der Waals surface area contributed by atoms with Crippen LogP contribution in [0.15, 0.2) is 12.7 Å². The number of amides is 2. The highest BCUT2D eigenvalue weighted by molar-refractivity contribution is 6.01. The molecule has 0 aromatic carbocycles. The van der Waals surface area contributed by atoms with Crippen molar-refractivity contribution in [1.82, 2.24) is 5.06 Å². The molecular weight excluding hydrogens is 246 g/mol. The Labute approximate surface area is 102 Å². The Kier molecular flexibility index (Phi) is 4.85. The van der Waals surface area contributed by atoms with Crippen LogP contribution in [0, 0.1) is 0 Å². The van der Waals surface area contributed by atoms with Crippen molar-refractivity contribution in [2.45, 2.75) is 12.8 Å². The number of ether oxygens (including phenoxy) is 2. The summed E-state index contributed by atoms with van der Waals surface area (Å²) < 4.78 is 8.99. The van der Waals surface area contributed by atoms with E-state index in [0.29, 0.717) is 5.06 Å². The molecule has 8 heteroatoms. The van der Waals surface area contributed by atoms with Gasteiger partial charge in [0.2, 0.25) is 0 Å². The average Bonchev–Trinajstić information content (AvgIpc) is 2.66. The van der Waals surface area contributed by atoms with E-state index in [4.69, 9.17) is 0 Å². The lowest BCUT2D eigenvalue weighted by atomic mass is 10.4. The van der Waals surface area contributed by atoms with Crippen LogP contribution in [-0.2, 0) is 28.7 Å². The van der Waals surface area contributed by atoms with E-state index in [-0.39, 0.29) is 26.1 Å². The minimum Gasteiger partial charge on any atom is -0.459 e. The normalized spacial score (nSPS) is 14.3. The first-order valence-electron chi connectivity index (χ1n) is 5.04. The van der Waals surface area contributed by atoms with E-state index in [0.717, 1.165) is 6.08 Å². The number of hydrogen-bond acceptors (Lipinski definition) is 7. The molecule has 1 aliphatic heterocycles. The monoisotopic (exact) mass is 257 g/mol. The highest BCUT2D eigenvalue weighted by Crippen LogP contribution is 2.12. The molecule has 0 aromatic rings. The predicted octanol–water partition coefficient (Wildman–Crippen LogP) is -0.0672. The largest absolute Gasteiger partial charge is 0.534 e. The maximum absolute atomic E-state index is 11.1. The summed E-state index contributed by atoms with van der Waals surface area (Å²) in [5.74, 6) is -1.86. The molecule has 1 aliphatic rings. The zero-order valence-electron chi connectivity index (χ0n) is 9.42. The minimum atomic E-state index is -1.21. The van der Waals surface area contributed by atoms with Gasteiger partial charge in [0.25, 0.3) is 11.8 Å². The van der Waals surface area contributed by atoms with E-state index in [2.05, 4.69) is 20.9 Å². The van der Waals surface area contributed by atoms with Gasteiger partial charge in [0, 0.05) is 18.9 Å². The van der Waals surface area contributed by atoms with E-state index in [9.17, 15) is 19.2 Å². The Bertz CT molecular complexity index is 374. The van der Waals surface area contributed by atoms with Crippen LogP contribution in [0.4, 0.5) is 4.79 Å². The van der Waals surface area contributed by atoms with Crippen molar-refractivity contribution in [1.29, 1.82) is 0 Å². The van der Waals surface area contributed by atoms with Gasteiger partial charge < -0.3 is 9.47 Å². The third-order valence-corrected chi connectivity index (χ3v) is 1.89. The zero-order chi connectivity index (χ0) is 13.5. The first-order valence-corrected chi connectivity index (χ1v) is 5.04.